The summed E-state index contributed by atoms with van der Waals surface area (Å²) in [6.07, 6.45) is 5.11. The standard InChI is InChI=1S/C17H24N2O2.ClH/c1-21-16-7-3-6-13-14(16)8-9-15(13)19-17(20)12-5-2-4-11(12)10-18;/h3,6-7,11-12,15H,2,4-5,8-10,18H2,1H3,(H,19,20);1H/t11-,12-,15?;/m1./s1. The first-order valence-corrected chi connectivity index (χ1v) is 7.90. The van der Waals surface area contributed by atoms with Crippen LogP contribution in [0.1, 0.15) is 42.9 Å². The third-order valence-electron chi connectivity index (χ3n) is 5.06. The van der Waals surface area contributed by atoms with Crippen LogP contribution in [0.5, 0.6) is 5.75 Å². The predicted octanol–water partition coefficient (Wildman–Crippen LogP) is 2.60. The first-order chi connectivity index (χ1) is 10.2. The van der Waals surface area contributed by atoms with Crippen LogP contribution in [0.25, 0.3) is 0 Å². The number of rotatable bonds is 4. The number of carbonyl (C=O) groups is 1. The molecule has 3 atom stereocenters. The van der Waals surface area contributed by atoms with Gasteiger partial charge in [0.2, 0.25) is 5.91 Å². The van der Waals surface area contributed by atoms with Crippen molar-refractivity contribution in [1.29, 1.82) is 0 Å². The van der Waals surface area contributed by atoms with Crippen LogP contribution in [0.2, 0.25) is 0 Å². The van der Waals surface area contributed by atoms with Crippen LogP contribution in [0.15, 0.2) is 18.2 Å². The Morgan fingerprint density at radius 3 is 2.91 bits per heavy atom. The quantitative estimate of drug-likeness (QED) is 0.894. The van der Waals surface area contributed by atoms with Crippen LogP contribution in [0.4, 0.5) is 0 Å². The van der Waals surface area contributed by atoms with Crippen molar-refractivity contribution < 1.29 is 9.53 Å². The molecule has 1 saturated carbocycles. The highest BCUT2D eigenvalue weighted by Gasteiger charge is 2.34. The van der Waals surface area contributed by atoms with Gasteiger partial charge in [-0.1, -0.05) is 18.6 Å². The lowest BCUT2D eigenvalue weighted by Gasteiger charge is -2.21. The zero-order valence-electron chi connectivity index (χ0n) is 13.0. The van der Waals surface area contributed by atoms with Crippen molar-refractivity contribution in [3.8, 4) is 5.75 Å². The zero-order valence-corrected chi connectivity index (χ0v) is 13.8. The Balaban J connectivity index is 0.00000176. The molecule has 3 N–H and O–H groups in total. The van der Waals surface area contributed by atoms with Gasteiger partial charge in [-0.25, -0.2) is 0 Å². The number of benzene rings is 1. The zero-order chi connectivity index (χ0) is 14.8. The molecule has 4 nitrogen and oxygen atoms in total. The number of nitrogens with two attached hydrogens (primary N) is 1. The summed E-state index contributed by atoms with van der Waals surface area (Å²) in [5.74, 6) is 1.58. The molecular formula is C17H25ClN2O2. The van der Waals surface area contributed by atoms with Gasteiger partial charge in [0.1, 0.15) is 5.75 Å². The number of hydrogen-bond donors (Lipinski definition) is 2. The van der Waals surface area contributed by atoms with E-state index in [1.807, 2.05) is 12.1 Å². The molecule has 1 amide bonds. The molecule has 5 heteroatoms. The van der Waals surface area contributed by atoms with Crippen LogP contribution in [0.3, 0.4) is 0 Å². The number of ether oxygens (including phenoxy) is 1. The van der Waals surface area contributed by atoms with E-state index in [1.54, 1.807) is 7.11 Å². The average molecular weight is 325 g/mol. The second-order valence-corrected chi connectivity index (χ2v) is 6.16. The number of hydrogen-bond acceptors (Lipinski definition) is 3. The van der Waals surface area contributed by atoms with Gasteiger partial charge in [-0.2, -0.15) is 0 Å². The number of methoxy groups -OCH3 is 1. The Kier molecular flexibility index (Phi) is 5.70. The van der Waals surface area contributed by atoms with E-state index in [2.05, 4.69) is 11.4 Å². The maximum atomic E-state index is 12.5. The SMILES string of the molecule is COc1cccc2c1CCC2NC(=O)[C@@H]1CCC[C@@H]1CN.Cl. The highest BCUT2D eigenvalue weighted by molar-refractivity contribution is 5.85. The van der Waals surface area contributed by atoms with Crippen molar-refractivity contribution in [2.45, 2.75) is 38.1 Å². The lowest BCUT2D eigenvalue weighted by Crippen LogP contribution is -2.36. The molecule has 122 valence electrons. The van der Waals surface area contributed by atoms with Crippen molar-refractivity contribution in [3.63, 3.8) is 0 Å². The molecular weight excluding hydrogens is 300 g/mol. The molecule has 0 radical (unpaired) electrons. The highest BCUT2D eigenvalue weighted by Crippen LogP contribution is 2.38. The predicted molar refractivity (Wildman–Crippen MR) is 89.3 cm³/mol. The topological polar surface area (TPSA) is 64.3 Å². The highest BCUT2D eigenvalue weighted by atomic mass is 35.5. The molecule has 1 unspecified atom stereocenters. The molecule has 0 aliphatic heterocycles. The van der Waals surface area contributed by atoms with Gasteiger partial charge in [0.05, 0.1) is 13.2 Å². The van der Waals surface area contributed by atoms with E-state index in [0.717, 1.165) is 37.9 Å². The fourth-order valence-corrected chi connectivity index (χ4v) is 3.90. The number of fused-ring (bicyclic) bond motifs is 1. The Morgan fingerprint density at radius 2 is 2.18 bits per heavy atom. The van der Waals surface area contributed by atoms with E-state index in [9.17, 15) is 4.79 Å². The van der Waals surface area contributed by atoms with Gasteiger partial charge in [0, 0.05) is 5.92 Å². The summed E-state index contributed by atoms with van der Waals surface area (Å²) in [6, 6.07) is 6.22. The third kappa shape index (κ3) is 3.08. The smallest absolute Gasteiger partial charge is 0.223 e. The summed E-state index contributed by atoms with van der Waals surface area (Å²) in [7, 11) is 1.70. The van der Waals surface area contributed by atoms with E-state index in [1.165, 1.54) is 11.1 Å². The molecule has 1 aromatic rings. The molecule has 2 aliphatic carbocycles. The lowest BCUT2D eigenvalue weighted by atomic mass is 9.94. The molecule has 0 heterocycles. The molecule has 2 aliphatic rings. The van der Waals surface area contributed by atoms with Crippen molar-refractivity contribution in [3.05, 3.63) is 29.3 Å². The van der Waals surface area contributed by atoms with Crippen molar-refractivity contribution >= 4 is 18.3 Å². The monoisotopic (exact) mass is 324 g/mol. The van der Waals surface area contributed by atoms with E-state index >= 15 is 0 Å². The first kappa shape index (κ1) is 17.1. The summed E-state index contributed by atoms with van der Waals surface area (Å²) in [6.45, 7) is 0.618. The molecule has 0 aromatic heterocycles. The van der Waals surface area contributed by atoms with Crippen LogP contribution in [0, 0.1) is 11.8 Å². The Morgan fingerprint density at radius 1 is 1.36 bits per heavy atom. The normalized spacial score (nSPS) is 26.2. The Labute approximate surface area is 138 Å². The van der Waals surface area contributed by atoms with Gasteiger partial charge < -0.3 is 15.8 Å². The van der Waals surface area contributed by atoms with Crippen molar-refractivity contribution in [2.75, 3.05) is 13.7 Å². The number of nitrogens with one attached hydrogen (secondary N) is 1. The van der Waals surface area contributed by atoms with Crippen LogP contribution >= 0.6 is 12.4 Å². The van der Waals surface area contributed by atoms with Crippen LogP contribution in [-0.4, -0.2) is 19.6 Å². The van der Waals surface area contributed by atoms with E-state index in [0.29, 0.717) is 12.5 Å². The van der Waals surface area contributed by atoms with E-state index in [4.69, 9.17) is 10.5 Å². The van der Waals surface area contributed by atoms with Gasteiger partial charge in [-0.05, 0) is 55.3 Å². The van der Waals surface area contributed by atoms with E-state index in [-0.39, 0.29) is 30.3 Å². The second kappa shape index (κ2) is 7.34. The molecule has 0 saturated heterocycles. The van der Waals surface area contributed by atoms with Crippen LogP contribution < -0.4 is 15.8 Å². The van der Waals surface area contributed by atoms with Crippen LogP contribution in [-0.2, 0) is 11.2 Å². The minimum absolute atomic E-state index is 0. The largest absolute Gasteiger partial charge is 0.496 e. The summed E-state index contributed by atoms with van der Waals surface area (Å²) < 4.78 is 5.42. The van der Waals surface area contributed by atoms with E-state index < -0.39 is 0 Å². The third-order valence-corrected chi connectivity index (χ3v) is 5.06. The Bertz CT molecular complexity index is 535. The summed E-state index contributed by atoms with van der Waals surface area (Å²) in [5.41, 5.74) is 8.24. The summed E-state index contributed by atoms with van der Waals surface area (Å²) in [5, 5.41) is 3.24. The lowest BCUT2D eigenvalue weighted by molar-refractivity contribution is -0.126. The molecule has 0 bridgehead atoms. The molecule has 0 spiro atoms. The molecule has 22 heavy (non-hydrogen) atoms. The number of amides is 1. The van der Waals surface area contributed by atoms with Gasteiger partial charge in [-0.15, -0.1) is 12.4 Å². The number of carbonyl (C=O) groups excluding carboxylic acids is 1. The molecule has 3 rings (SSSR count). The first-order valence-electron chi connectivity index (χ1n) is 7.90. The van der Waals surface area contributed by atoms with Gasteiger partial charge in [0.25, 0.3) is 0 Å². The minimum Gasteiger partial charge on any atom is -0.496 e. The molecule has 1 aromatic carbocycles. The minimum atomic E-state index is 0. The maximum Gasteiger partial charge on any atom is 0.223 e. The average Bonchev–Trinajstić information content (AvgIpc) is 3.13. The number of halogens is 1. The summed E-state index contributed by atoms with van der Waals surface area (Å²) >= 11 is 0. The van der Waals surface area contributed by atoms with Gasteiger partial charge in [0.15, 0.2) is 0 Å². The van der Waals surface area contributed by atoms with Crippen molar-refractivity contribution in [2.24, 2.45) is 17.6 Å². The summed E-state index contributed by atoms with van der Waals surface area (Å²) in [4.78, 5) is 12.5. The van der Waals surface area contributed by atoms with Gasteiger partial charge >= 0.3 is 0 Å². The fraction of sp³-hybridized carbons (Fsp3) is 0.588. The fourth-order valence-electron chi connectivity index (χ4n) is 3.90. The Hall–Kier alpha value is -1.26. The molecule has 1 fully saturated rings. The van der Waals surface area contributed by atoms with Crippen molar-refractivity contribution in [1.82, 2.24) is 5.32 Å². The second-order valence-electron chi connectivity index (χ2n) is 6.16. The maximum absolute atomic E-state index is 12.5. The van der Waals surface area contributed by atoms with Gasteiger partial charge in [-0.3, -0.25) is 4.79 Å².